The summed E-state index contributed by atoms with van der Waals surface area (Å²) in [6.07, 6.45) is -10.2. The number of rotatable bonds is 2. The molecule has 0 spiro atoms. The lowest BCUT2D eigenvalue weighted by atomic mass is 10.0. The zero-order chi connectivity index (χ0) is 31.0. The monoisotopic (exact) mass is 594 g/mol. The van der Waals surface area contributed by atoms with Crippen molar-refractivity contribution in [1.29, 1.82) is 10.5 Å². The lowest BCUT2D eigenvalue weighted by molar-refractivity contribution is -0.142. The first-order chi connectivity index (χ1) is 21.0. The summed E-state index contributed by atoms with van der Waals surface area (Å²) < 4.78 is 89.1. The number of aromatic nitrogens is 2. The number of fused-ring (bicyclic) bond motifs is 6. The quantitative estimate of drug-likeness (QED) is 0.187. The molecule has 0 fully saturated rings. The van der Waals surface area contributed by atoms with Crippen molar-refractivity contribution in [2.24, 2.45) is 0 Å². The first kappa shape index (κ1) is 27.1. The van der Waals surface area contributed by atoms with Gasteiger partial charge in [-0.2, -0.15) is 36.9 Å². The van der Waals surface area contributed by atoms with Gasteiger partial charge >= 0.3 is 12.4 Å². The molecule has 0 amide bonds. The molecule has 0 aliphatic carbocycles. The van der Waals surface area contributed by atoms with Crippen LogP contribution in [0.5, 0.6) is 0 Å². The Labute approximate surface area is 244 Å². The van der Waals surface area contributed by atoms with E-state index in [0.717, 1.165) is 16.0 Å². The number of hydrogen-bond acceptors (Lipinski definition) is 2. The van der Waals surface area contributed by atoms with Gasteiger partial charge in [-0.05, 0) is 48.5 Å². The van der Waals surface area contributed by atoms with Crippen LogP contribution >= 0.6 is 0 Å². The third-order valence-corrected chi connectivity index (χ3v) is 7.84. The van der Waals surface area contributed by atoms with E-state index in [9.17, 15) is 36.9 Å². The SMILES string of the molecule is N#Cc1cccc(C#N)c1-n1c2ccccc2c2cc3c4ccccc4n(-c4c(C(F)(F)F)cccc4C(F)(F)F)c3cc21. The maximum absolute atomic E-state index is 14.4. The zero-order valence-electron chi connectivity index (χ0n) is 22.3. The van der Waals surface area contributed by atoms with Gasteiger partial charge in [-0.1, -0.05) is 48.5 Å². The van der Waals surface area contributed by atoms with Crippen molar-refractivity contribution in [2.45, 2.75) is 12.4 Å². The van der Waals surface area contributed by atoms with E-state index in [-0.39, 0.29) is 27.8 Å². The van der Waals surface area contributed by atoms with Crippen LogP contribution in [0.2, 0.25) is 0 Å². The fourth-order valence-electron chi connectivity index (χ4n) is 6.12. The van der Waals surface area contributed by atoms with Crippen LogP contribution in [0.25, 0.3) is 55.0 Å². The van der Waals surface area contributed by atoms with Crippen LogP contribution in [0.4, 0.5) is 26.3 Å². The third-order valence-electron chi connectivity index (χ3n) is 7.84. The molecule has 44 heavy (non-hydrogen) atoms. The first-order valence-electron chi connectivity index (χ1n) is 13.2. The molecule has 0 atom stereocenters. The molecule has 0 saturated carbocycles. The van der Waals surface area contributed by atoms with Gasteiger partial charge in [0.1, 0.15) is 12.1 Å². The summed E-state index contributed by atoms with van der Waals surface area (Å²) in [6, 6.07) is 27.7. The minimum Gasteiger partial charge on any atom is -0.308 e. The van der Waals surface area contributed by atoms with Gasteiger partial charge in [-0.3, -0.25) is 0 Å². The molecule has 10 heteroatoms. The Balaban J connectivity index is 1.74. The molecular weight excluding hydrogens is 578 g/mol. The molecule has 0 radical (unpaired) electrons. The number of nitrogens with zero attached hydrogens (tertiary/aromatic N) is 4. The molecule has 214 valence electrons. The van der Waals surface area contributed by atoms with Crippen LogP contribution in [0.3, 0.4) is 0 Å². The minimum absolute atomic E-state index is 0.0953. The highest BCUT2D eigenvalue weighted by atomic mass is 19.4. The van der Waals surface area contributed by atoms with Gasteiger partial charge in [-0.15, -0.1) is 0 Å². The summed E-state index contributed by atoms with van der Waals surface area (Å²) in [5, 5.41) is 22.2. The van der Waals surface area contributed by atoms with Gasteiger partial charge < -0.3 is 9.13 Å². The molecule has 0 aliphatic rings. The van der Waals surface area contributed by atoms with Gasteiger partial charge in [0.2, 0.25) is 0 Å². The van der Waals surface area contributed by atoms with Crippen LogP contribution in [0, 0.1) is 22.7 Å². The van der Waals surface area contributed by atoms with Crippen molar-refractivity contribution < 1.29 is 26.3 Å². The maximum atomic E-state index is 14.4. The highest BCUT2D eigenvalue weighted by molar-refractivity contribution is 6.19. The van der Waals surface area contributed by atoms with Crippen molar-refractivity contribution in [1.82, 2.24) is 9.13 Å². The molecule has 0 N–H and O–H groups in total. The van der Waals surface area contributed by atoms with Crippen molar-refractivity contribution in [3.63, 3.8) is 0 Å². The highest BCUT2D eigenvalue weighted by Crippen LogP contribution is 2.46. The van der Waals surface area contributed by atoms with Crippen LogP contribution in [-0.4, -0.2) is 9.13 Å². The number of alkyl halides is 6. The van der Waals surface area contributed by atoms with Crippen LogP contribution in [-0.2, 0) is 12.4 Å². The zero-order valence-corrected chi connectivity index (χ0v) is 22.3. The summed E-state index contributed by atoms with van der Waals surface area (Å²) in [4.78, 5) is 0. The van der Waals surface area contributed by atoms with Crippen LogP contribution < -0.4 is 0 Å². The highest BCUT2D eigenvalue weighted by Gasteiger charge is 2.42. The predicted molar refractivity (Wildman–Crippen MR) is 155 cm³/mol. The first-order valence-corrected chi connectivity index (χ1v) is 13.2. The molecule has 0 aliphatic heterocycles. The molecule has 4 nitrogen and oxygen atoms in total. The minimum atomic E-state index is -5.10. The average molecular weight is 595 g/mol. The fourth-order valence-corrected chi connectivity index (χ4v) is 6.12. The topological polar surface area (TPSA) is 57.4 Å². The molecule has 0 unspecified atom stereocenters. The van der Waals surface area contributed by atoms with Crippen LogP contribution in [0.1, 0.15) is 22.3 Å². The van der Waals surface area contributed by atoms with E-state index in [2.05, 4.69) is 12.1 Å². The van der Waals surface area contributed by atoms with Gasteiger partial charge in [-0.25, -0.2) is 0 Å². The van der Waals surface area contributed by atoms with E-state index in [1.165, 1.54) is 12.1 Å². The average Bonchev–Trinajstić information content (AvgIpc) is 3.50. The summed E-state index contributed by atoms with van der Waals surface area (Å²) in [5.74, 6) is 0. The van der Waals surface area contributed by atoms with Gasteiger partial charge in [0.05, 0.1) is 55.7 Å². The molecule has 0 bridgehead atoms. The van der Waals surface area contributed by atoms with E-state index < -0.39 is 29.2 Å². The number of benzene rings is 5. The summed E-state index contributed by atoms with van der Waals surface area (Å²) in [5.41, 5.74) is -2.02. The van der Waals surface area contributed by atoms with Crippen molar-refractivity contribution in [3.05, 3.63) is 119 Å². The predicted octanol–water partition coefficient (Wildman–Crippen LogP) is 9.66. The van der Waals surface area contributed by atoms with Gasteiger partial charge in [0.25, 0.3) is 0 Å². The Hall–Kier alpha value is -5.74. The Bertz CT molecular complexity index is 2330. The second-order valence-electron chi connectivity index (χ2n) is 10.2. The van der Waals surface area contributed by atoms with Gasteiger partial charge in [0.15, 0.2) is 0 Å². The van der Waals surface area contributed by atoms with Crippen molar-refractivity contribution >= 4 is 43.6 Å². The Morgan fingerprint density at radius 3 is 1.34 bits per heavy atom. The molecule has 7 rings (SSSR count). The largest absolute Gasteiger partial charge is 0.418 e. The van der Waals surface area contributed by atoms with Crippen molar-refractivity contribution in [3.8, 4) is 23.5 Å². The number of hydrogen-bond donors (Lipinski definition) is 0. The molecular formula is C34H16F6N4. The van der Waals surface area contributed by atoms with E-state index in [1.54, 1.807) is 65.2 Å². The van der Waals surface area contributed by atoms with Crippen LogP contribution in [0.15, 0.2) is 97.1 Å². The van der Waals surface area contributed by atoms with E-state index >= 15 is 0 Å². The second-order valence-corrected chi connectivity index (χ2v) is 10.2. The normalized spacial score (nSPS) is 12.3. The lowest BCUT2D eigenvalue weighted by Crippen LogP contribution is -2.17. The fraction of sp³-hybridized carbons (Fsp3) is 0.0588. The Morgan fingerprint density at radius 1 is 0.455 bits per heavy atom. The molecule has 0 saturated heterocycles. The maximum Gasteiger partial charge on any atom is 0.418 e. The molecule has 2 heterocycles. The number of nitriles is 2. The number of para-hydroxylation sites is 4. The second kappa shape index (κ2) is 9.38. The molecule has 5 aromatic carbocycles. The molecule has 2 aromatic heterocycles. The smallest absolute Gasteiger partial charge is 0.308 e. The summed E-state index contributed by atoms with van der Waals surface area (Å²) in [7, 11) is 0. The Morgan fingerprint density at radius 2 is 0.886 bits per heavy atom. The standard InChI is InChI=1S/C34H16F6N4/c35-33(36,37)25-11-6-12-26(34(38,39)40)32(25)44-28-14-4-2-10-22(28)24-15-23-21-9-1-3-13-27(21)43(29(23)16-30(24)44)31-19(17-41)7-5-8-20(31)18-42/h1-16H. The summed E-state index contributed by atoms with van der Waals surface area (Å²) in [6.45, 7) is 0. The van der Waals surface area contributed by atoms with Crippen molar-refractivity contribution in [2.75, 3.05) is 0 Å². The Kier molecular flexibility index (Phi) is 5.78. The lowest BCUT2D eigenvalue weighted by Gasteiger charge is -2.21. The number of halogens is 6. The van der Waals surface area contributed by atoms with E-state index in [0.29, 0.717) is 39.3 Å². The van der Waals surface area contributed by atoms with E-state index in [1.807, 2.05) is 6.07 Å². The van der Waals surface area contributed by atoms with Gasteiger partial charge in [0, 0.05) is 21.5 Å². The summed E-state index contributed by atoms with van der Waals surface area (Å²) >= 11 is 0. The third kappa shape index (κ3) is 3.85. The molecule has 7 aromatic rings. The van der Waals surface area contributed by atoms with E-state index in [4.69, 9.17) is 0 Å².